The van der Waals surface area contributed by atoms with Gasteiger partial charge in [0, 0.05) is 10.6 Å². The number of rotatable bonds is 3. The lowest BCUT2D eigenvalue weighted by molar-refractivity contribution is -0.141. The molecular weight excluding hydrogens is 208 g/mol. The summed E-state index contributed by atoms with van der Waals surface area (Å²) >= 11 is 9.62. The van der Waals surface area contributed by atoms with Crippen molar-refractivity contribution in [3.63, 3.8) is 0 Å². The Bertz CT molecular complexity index is 301. The molecule has 0 spiro atoms. The first kappa shape index (κ1) is 10.4. The van der Waals surface area contributed by atoms with Crippen molar-refractivity contribution in [1.82, 2.24) is 0 Å². The Morgan fingerprint density at radius 1 is 1.46 bits per heavy atom. The Morgan fingerprint density at radius 2 is 2.15 bits per heavy atom. The van der Waals surface area contributed by atoms with Crippen LogP contribution in [0.15, 0.2) is 24.3 Å². The second-order valence-corrected chi connectivity index (χ2v) is 3.13. The molecule has 0 fully saturated rings. The second kappa shape index (κ2) is 5.14. The van der Waals surface area contributed by atoms with Crippen LogP contribution in [0, 0.1) is 0 Å². The van der Waals surface area contributed by atoms with Gasteiger partial charge in [-0.25, -0.2) is 0 Å². The van der Waals surface area contributed by atoms with Gasteiger partial charge in [-0.15, -0.1) is 0 Å². The summed E-state index contributed by atoms with van der Waals surface area (Å²) < 4.78 is 4.86. The van der Waals surface area contributed by atoms with Gasteiger partial charge in [-0.1, -0.05) is 29.8 Å². The van der Waals surface area contributed by atoms with Gasteiger partial charge < -0.3 is 4.74 Å². The maximum Gasteiger partial charge on any atom is 0.315 e. The molecule has 0 atom stereocenters. The molecule has 0 N–H and O–H groups in total. The fourth-order valence-electron chi connectivity index (χ4n) is 0.819. The van der Waals surface area contributed by atoms with E-state index in [0.29, 0.717) is 5.02 Å². The molecule has 0 radical (unpaired) electrons. The molecule has 0 saturated carbocycles. The van der Waals surface area contributed by atoms with Crippen molar-refractivity contribution in [1.29, 1.82) is 0 Å². The molecule has 0 heterocycles. The van der Waals surface area contributed by atoms with Crippen LogP contribution in [0.4, 0.5) is 0 Å². The summed E-state index contributed by atoms with van der Waals surface area (Å²) in [6.07, 6.45) is 0. The van der Waals surface area contributed by atoms with E-state index in [0.717, 1.165) is 5.56 Å². The smallest absolute Gasteiger partial charge is 0.315 e. The highest BCUT2D eigenvalue weighted by atomic mass is 35.5. The molecule has 0 saturated heterocycles. The zero-order valence-corrected chi connectivity index (χ0v) is 8.52. The molecule has 70 valence electrons. The van der Waals surface area contributed by atoms with Crippen LogP contribution in [-0.4, -0.2) is 11.7 Å². The number of benzene rings is 1. The molecule has 0 aliphatic rings. The Hall–Kier alpha value is -0.670. The molecule has 0 aliphatic carbocycles. The first-order valence-electron chi connectivity index (χ1n) is 3.74. The van der Waals surface area contributed by atoms with Crippen molar-refractivity contribution in [3.8, 4) is 0 Å². The maximum atomic E-state index is 10.8. The highest BCUT2D eigenvalue weighted by Gasteiger charge is 2.02. The van der Waals surface area contributed by atoms with Crippen molar-refractivity contribution in [2.24, 2.45) is 0 Å². The Morgan fingerprint density at radius 3 is 2.77 bits per heavy atom. The lowest BCUT2D eigenvalue weighted by atomic mass is 10.2. The van der Waals surface area contributed by atoms with Crippen molar-refractivity contribution in [3.05, 3.63) is 34.9 Å². The lowest BCUT2D eigenvalue weighted by Crippen LogP contribution is -2.05. The molecule has 13 heavy (non-hydrogen) atoms. The number of hydrogen-bond donors (Lipinski definition) is 1. The van der Waals surface area contributed by atoms with Crippen LogP contribution in [0.5, 0.6) is 0 Å². The minimum Gasteiger partial charge on any atom is -0.460 e. The average molecular weight is 217 g/mol. The van der Waals surface area contributed by atoms with Crippen molar-refractivity contribution < 1.29 is 9.53 Å². The van der Waals surface area contributed by atoms with E-state index in [1.54, 1.807) is 6.07 Å². The molecular formula is C9H9ClO2S. The molecule has 0 bridgehead atoms. The Kier molecular flexibility index (Phi) is 4.12. The van der Waals surface area contributed by atoms with Crippen LogP contribution < -0.4 is 0 Å². The van der Waals surface area contributed by atoms with Gasteiger partial charge in [0.1, 0.15) is 6.61 Å². The van der Waals surface area contributed by atoms with Gasteiger partial charge in [-0.2, -0.15) is 12.6 Å². The van der Waals surface area contributed by atoms with E-state index in [9.17, 15) is 4.79 Å². The van der Waals surface area contributed by atoms with Gasteiger partial charge in [-0.3, -0.25) is 4.79 Å². The first-order chi connectivity index (χ1) is 6.24. The maximum absolute atomic E-state index is 10.8. The molecule has 1 aromatic rings. The van der Waals surface area contributed by atoms with Crippen LogP contribution in [0.1, 0.15) is 5.56 Å². The van der Waals surface area contributed by atoms with E-state index in [1.165, 1.54) is 0 Å². The molecule has 1 rings (SSSR count). The molecule has 1 aromatic carbocycles. The van der Waals surface area contributed by atoms with E-state index in [-0.39, 0.29) is 18.3 Å². The van der Waals surface area contributed by atoms with Crippen LogP contribution in [0.2, 0.25) is 5.02 Å². The molecule has 0 unspecified atom stereocenters. The highest BCUT2D eigenvalue weighted by Crippen LogP contribution is 2.15. The molecule has 0 aliphatic heterocycles. The summed E-state index contributed by atoms with van der Waals surface area (Å²) in [5, 5.41) is 0.606. The zero-order valence-electron chi connectivity index (χ0n) is 6.87. The van der Waals surface area contributed by atoms with Gasteiger partial charge in [0.2, 0.25) is 0 Å². The van der Waals surface area contributed by atoms with Crippen molar-refractivity contribution in [2.45, 2.75) is 6.61 Å². The molecule has 0 amide bonds. The normalized spacial score (nSPS) is 9.69. The lowest BCUT2D eigenvalue weighted by Gasteiger charge is -2.04. The number of carbonyl (C=O) groups is 1. The van der Waals surface area contributed by atoms with E-state index in [4.69, 9.17) is 16.3 Å². The standard InChI is InChI=1S/C9H9ClO2S/c10-8-4-2-1-3-7(8)5-12-9(11)6-13/h1-4,13H,5-6H2. The summed E-state index contributed by atoms with van der Waals surface area (Å²) in [6, 6.07) is 7.24. The van der Waals surface area contributed by atoms with E-state index >= 15 is 0 Å². The molecule has 2 nitrogen and oxygen atoms in total. The summed E-state index contributed by atoms with van der Waals surface area (Å²) in [7, 11) is 0. The van der Waals surface area contributed by atoms with Gasteiger partial charge >= 0.3 is 5.97 Å². The monoisotopic (exact) mass is 216 g/mol. The van der Waals surface area contributed by atoms with Crippen molar-refractivity contribution in [2.75, 3.05) is 5.75 Å². The number of ether oxygens (including phenoxy) is 1. The van der Waals surface area contributed by atoms with Gasteiger partial charge in [0.25, 0.3) is 0 Å². The highest BCUT2D eigenvalue weighted by molar-refractivity contribution is 7.81. The number of esters is 1. The number of halogens is 1. The van der Waals surface area contributed by atoms with Crippen molar-refractivity contribution >= 4 is 30.2 Å². The Balaban J connectivity index is 2.54. The first-order valence-corrected chi connectivity index (χ1v) is 4.75. The van der Waals surface area contributed by atoms with Crippen LogP contribution in [0.25, 0.3) is 0 Å². The number of hydrogen-bond acceptors (Lipinski definition) is 3. The van der Waals surface area contributed by atoms with E-state index in [2.05, 4.69) is 12.6 Å². The SMILES string of the molecule is O=C(CS)OCc1ccccc1Cl. The summed E-state index contributed by atoms with van der Waals surface area (Å²) in [6.45, 7) is 0.207. The summed E-state index contributed by atoms with van der Waals surface area (Å²) in [5.41, 5.74) is 0.805. The topological polar surface area (TPSA) is 26.3 Å². The predicted octanol–water partition coefficient (Wildman–Crippen LogP) is 2.31. The quantitative estimate of drug-likeness (QED) is 0.620. The second-order valence-electron chi connectivity index (χ2n) is 2.41. The Labute approximate surface area is 87.3 Å². The summed E-state index contributed by atoms with van der Waals surface area (Å²) in [4.78, 5) is 10.8. The van der Waals surface area contributed by atoms with E-state index < -0.39 is 0 Å². The number of thiol groups is 1. The van der Waals surface area contributed by atoms with Gasteiger partial charge in [0.15, 0.2) is 0 Å². The zero-order chi connectivity index (χ0) is 9.68. The average Bonchev–Trinajstić information content (AvgIpc) is 2.16. The van der Waals surface area contributed by atoms with Crippen LogP contribution >= 0.6 is 24.2 Å². The van der Waals surface area contributed by atoms with Gasteiger partial charge in [0.05, 0.1) is 5.75 Å². The third-order valence-electron chi connectivity index (χ3n) is 1.48. The molecule has 4 heteroatoms. The largest absolute Gasteiger partial charge is 0.460 e. The third-order valence-corrected chi connectivity index (χ3v) is 2.10. The summed E-state index contributed by atoms with van der Waals surface area (Å²) in [5.74, 6) is -0.256. The number of carbonyl (C=O) groups excluding carboxylic acids is 1. The van der Waals surface area contributed by atoms with Crippen LogP contribution in [0.3, 0.4) is 0 Å². The van der Waals surface area contributed by atoms with E-state index in [1.807, 2.05) is 18.2 Å². The fourth-order valence-corrected chi connectivity index (χ4v) is 1.10. The predicted molar refractivity (Wildman–Crippen MR) is 55.1 cm³/mol. The third kappa shape index (κ3) is 3.28. The van der Waals surface area contributed by atoms with Gasteiger partial charge in [-0.05, 0) is 6.07 Å². The minimum atomic E-state index is -0.344. The minimum absolute atomic E-state index is 0.0878. The fraction of sp³-hybridized carbons (Fsp3) is 0.222. The van der Waals surface area contributed by atoms with Crippen LogP contribution in [-0.2, 0) is 16.1 Å². The molecule has 0 aromatic heterocycles.